The van der Waals surface area contributed by atoms with Crippen LogP contribution in [0.4, 0.5) is 0 Å². The number of hydrogen-bond donors (Lipinski definition) is 2. The van der Waals surface area contributed by atoms with Gasteiger partial charge in [-0.3, -0.25) is 14.4 Å². The number of aliphatic carboxylic acids is 1. The van der Waals surface area contributed by atoms with Gasteiger partial charge in [0.05, 0.1) is 12.2 Å². The van der Waals surface area contributed by atoms with Gasteiger partial charge in [0.1, 0.15) is 0 Å². The highest BCUT2D eigenvalue weighted by atomic mass is 32.2. The predicted molar refractivity (Wildman–Crippen MR) is 61.0 cm³/mol. The molecule has 0 aromatic carbocycles. The van der Waals surface area contributed by atoms with Gasteiger partial charge in [0, 0.05) is 25.8 Å². The monoisotopic (exact) mass is 248 g/mol. The first kappa shape index (κ1) is 14.8. The molecule has 92 valence electrons. The molecule has 7 heteroatoms. The fraction of sp³-hybridized carbons (Fsp3) is 0.667. The summed E-state index contributed by atoms with van der Waals surface area (Å²) in [6, 6.07) is 0. The van der Waals surface area contributed by atoms with Crippen LogP contribution in [-0.2, 0) is 14.4 Å². The molecule has 0 fully saturated rings. The third kappa shape index (κ3) is 8.10. The molecule has 16 heavy (non-hydrogen) atoms. The Balaban J connectivity index is 3.62. The van der Waals surface area contributed by atoms with Gasteiger partial charge in [-0.15, -0.1) is 0 Å². The Morgan fingerprint density at radius 3 is 2.44 bits per heavy atom. The van der Waals surface area contributed by atoms with E-state index in [0.717, 1.165) is 0 Å². The molecular weight excluding hydrogens is 232 g/mol. The van der Waals surface area contributed by atoms with Crippen molar-refractivity contribution in [3.63, 3.8) is 0 Å². The molecule has 0 aromatic heterocycles. The maximum absolute atomic E-state index is 11.4. The van der Waals surface area contributed by atoms with Crippen molar-refractivity contribution in [2.45, 2.75) is 12.8 Å². The Hall–Kier alpha value is -1.24. The summed E-state index contributed by atoms with van der Waals surface area (Å²) in [4.78, 5) is 33.4. The number of hydrogen-bond acceptors (Lipinski definition) is 4. The highest BCUT2D eigenvalue weighted by Crippen LogP contribution is 2.03. The maximum Gasteiger partial charge on any atom is 0.305 e. The molecule has 0 rings (SSSR count). The molecular formula is C9H16N2O4S. The van der Waals surface area contributed by atoms with Crippen molar-refractivity contribution >= 4 is 29.5 Å². The first-order chi connectivity index (χ1) is 7.43. The van der Waals surface area contributed by atoms with Crippen LogP contribution in [0.15, 0.2) is 0 Å². The summed E-state index contributed by atoms with van der Waals surface area (Å²) >= 11 is 1.29. The summed E-state index contributed by atoms with van der Waals surface area (Å²) in [5, 5.41) is 8.43. The Morgan fingerprint density at radius 1 is 1.31 bits per heavy atom. The van der Waals surface area contributed by atoms with E-state index in [9.17, 15) is 14.4 Å². The van der Waals surface area contributed by atoms with Crippen LogP contribution >= 0.6 is 11.8 Å². The van der Waals surface area contributed by atoms with E-state index in [1.54, 1.807) is 7.05 Å². The number of amides is 2. The molecule has 0 aromatic rings. The van der Waals surface area contributed by atoms with E-state index in [4.69, 9.17) is 10.8 Å². The fourth-order valence-electron chi connectivity index (χ4n) is 0.911. The molecule has 0 aliphatic heterocycles. The van der Waals surface area contributed by atoms with Crippen molar-refractivity contribution in [3.8, 4) is 0 Å². The molecule has 0 saturated carbocycles. The second-order valence-corrected chi connectivity index (χ2v) is 4.33. The van der Waals surface area contributed by atoms with Crippen molar-refractivity contribution in [2.24, 2.45) is 5.73 Å². The number of rotatable bonds is 8. The number of primary amides is 1. The van der Waals surface area contributed by atoms with Crippen LogP contribution < -0.4 is 5.73 Å². The molecule has 0 aliphatic carbocycles. The number of carbonyl (C=O) groups is 3. The molecule has 3 N–H and O–H groups in total. The number of carboxylic acids is 1. The lowest BCUT2D eigenvalue weighted by Crippen LogP contribution is -2.29. The van der Waals surface area contributed by atoms with Crippen molar-refractivity contribution in [1.82, 2.24) is 4.90 Å². The zero-order valence-electron chi connectivity index (χ0n) is 9.14. The molecule has 0 spiro atoms. The minimum atomic E-state index is -0.928. The Labute approximate surface area is 98.2 Å². The third-order valence-corrected chi connectivity index (χ3v) is 2.77. The number of carboxylic acid groups (broad SMARTS) is 1. The van der Waals surface area contributed by atoms with Gasteiger partial charge >= 0.3 is 5.97 Å². The van der Waals surface area contributed by atoms with Gasteiger partial charge in [-0.2, -0.15) is 11.8 Å². The van der Waals surface area contributed by atoms with Crippen LogP contribution in [-0.4, -0.2) is 52.9 Å². The molecule has 0 unspecified atom stereocenters. The summed E-state index contributed by atoms with van der Waals surface area (Å²) in [5.74, 6) is -0.747. The van der Waals surface area contributed by atoms with Gasteiger partial charge in [-0.05, 0) is 0 Å². The van der Waals surface area contributed by atoms with E-state index in [0.29, 0.717) is 5.75 Å². The van der Waals surface area contributed by atoms with Gasteiger partial charge < -0.3 is 15.7 Å². The highest BCUT2D eigenvalue weighted by Gasteiger charge is 2.09. The quantitative estimate of drug-likeness (QED) is 0.565. The zero-order chi connectivity index (χ0) is 12.6. The Bertz CT molecular complexity index is 270. The SMILES string of the molecule is CN(CCC(=O)O)C(=O)CCSCC(N)=O. The van der Waals surface area contributed by atoms with Crippen molar-refractivity contribution in [2.75, 3.05) is 25.1 Å². The van der Waals surface area contributed by atoms with E-state index in [2.05, 4.69) is 0 Å². The summed E-state index contributed by atoms with van der Waals surface area (Å²) in [7, 11) is 1.56. The van der Waals surface area contributed by atoms with E-state index in [1.165, 1.54) is 16.7 Å². The van der Waals surface area contributed by atoms with E-state index < -0.39 is 11.9 Å². The topological polar surface area (TPSA) is 101 Å². The summed E-state index contributed by atoms with van der Waals surface area (Å²) in [6.07, 6.45) is 0.227. The smallest absolute Gasteiger partial charge is 0.305 e. The maximum atomic E-state index is 11.4. The summed E-state index contributed by atoms with van der Waals surface area (Å²) in [5.41, 5.74) is 4.93. The van der Waals surface area contributed by atoms with Crippen molar-refractivity contribution in [1.29, 1.82) is 0 Å². The minimum absolute atomic E-state index is 0.0589. The first-order valence-electron chi connectivity index (χ1n) is 4.75. The second-order valence-electron chi connectivity index (χ2n) is 3.23. The van der Waals surface area contributed by atoms with Crippen LogP contribution in [0, 0.1) is 0 Å². The van der Waals surface area contributed by atoms with Gasteiger partial charge in [0.25, 0.3) is 0 Å². The van der Waals surface area contributed by atoms with Crippen LogP contribution in [0.25, 0.3) is 0 Å². The van der Waals surface area contributed by atoms with E-state index in [-0.39, 0.29) is 31.0 Å². The van der Waals surface area contributed by atoms with Gasteiger partial charge in [-0.1, -0.05) is 0 Å². The lowest BCUT2D eigenvalue weighted by atomic mass is 10.3. The molecule has 0 atom stereocenters. The third-order valence-electron chi connectivity index (χ3n) is 1.79. The Morgan fingerprint density at radius 2 is 1.94 bits per heavy atom. The molecule has 0 heterocycles. The molecule has 0 bridgehead atoms. The second kappa shape index (κ2) is 7.98. The minimum Gasteiger partial charge on any atom is -0.481 e. The highest BCUT2D eigenvalue weighted by molar-refractivity contribution is 7.99. The van der Waals surface area contributed by atoms with Crippen LogP contribution in [0.1, 0.15) is 12.8 Å². The lowest BCUT2D eigenvalue weighted by Gasteiger charge is -2.15. The number of thioether (sulfide) groups is 1. The fourth-order valence-corrected chi connectivity index (χ4v) is 1.58. The molecule has 6 nitrogen and oxygen atoms in total. The zero-order valence-corrected chi connectivity index (χ0v) is 9.96. The van der Waals surface area contributed by atoms with Gasteiger partial charge in [-0.25, -0.2) is 0 Å². The van der Waals surface area contributed by atoms with Gasteiger partial charge in [0.2, 0.25) is 11.8 Å². The molecule has 0 aliphatic rings. The number of nitrogens with two attached hydrogens (primary N) is 1. The largest absolute Gasteiger partial charge is 0.481 e. The molecule has 0 radical (unpaired) electrons. The summed E-state index contributed by atoms with van der Waals surface area (Å²) < 4.78 is 0. The average Bonchev–Trinajstić information content (AvgIpc) is 2.20. The van der Waals surface area contributed by atoms with Crippen molar-refractivity contribution < 1.29 is 19.5 Å². The lowest BCUT2D eigenvalue weighted by molar-refractivity contribution is -0.138. The van der Waals surface area contributed by atoms with E-state index in [1.807, 2.05) is 0 Å². The first-order valence-corrected chi connectivity index (χ1v) is 5.90. The Kier molecular flexibility index (Phi) is 7.36. The predicted octanol–water partition coefficient (Wildman–Crippen LogP) is -0.472. The molecule has 0 saturated heterocycles. The van der Waals surface area contributed by atoms with E-state index >= 15 is 0 Å². The summed E-state index contributed by atoms with van der Waals surface area (Å²) in [6.45, 7) is 0.203. The number of carbonyl (C=O) groups excluding carboxylic acids is 2. The number of nitrogens with zero attached hydrogens (tertiary/aromatic N) is 1. The molecule has 2 amide bonds. The van der Waals surface area contributed by atoms with Crippen molar-refractivity contribution in [3.05, 3.63) is 0 Å². The van der Waals surface area contributed by atoms with Crippen LogP contribution in [0.3, 0.4) is 0 Å². The van der Waals surface area contributed by atoms with Crippen LogP contribution in [0.2, 0.25) is 0 Å². The van der Waals surface area contributed by atoms with Gasteiger partial charge in [0.15, 0.2) is 0 Å². The standard InChI is InChI=1S/C9H16N2O4S/c1-11(4-2-9(14)15)8(13)3-5-16-6-7(10)12/h2-6H2,1H3,(H2,10,12)(H,14,15). The average molecular weight is 248 g/mol. The normalized spacial score (nSPS) is 9.81. The van der Waals surface area contributed by atoms with Crippen LogP contribution in [0.5, 0.6) is 0 Å².